The molecule has 0 bridgehead atoms. The average molecular weight is 154 g/mol. The molecule has 3 nitrogen and oxygen atoms in total. The lowest BCUT2D eigenvalue weighted by atomic mass is 9.82. The fourth-order valence-electron chi connectivity index (χ4n) is 1.43. The fourth-order valence-corrected chi connectivity index (χ4v) is 1.43. The van der Waals surface area contributed by atoms with Gasteiger partial charge in [0.15, 0.2) is 0 Å². The molecule has 0 unspecified atom stereocenters. The highest BCUT2D eigenvalue weighted by Crippen LogP contribution is 2.28. The van der Waals surface area contributed by atoms with E-state index in [0.29, 0.717) is 0 Å². The van der Waals surface area contributed by atoms with E-state index in [2.05, 4.69) is 11.4 Å². The van der Waals surface area contributed by atoms with Gasteiger partial charge in [-0.2, -0.15) is 5.26 Å². The SMILES string of the molecule is CNCC1(C#N)CCOCC1. The molecular weight excluding hydrogens is 140 g/mol. The monoisotopic (exact) mass is 154 g/mol. The smallest absolute Gasteiger partial charge is 0.0741 e. The Morgan fingerprint density at radius 1 is 1.55 bits per heavy atom. The molecule has 11 heavy (non-hydrogen) atoms. The Hall–Kier alpha value is -0.590. The van der Waals surface area contributed by atoms with Crippen LogP contribution in [-0.4, -0.2) is 26.8 Å². The maximum absolute atomic E-state index is 8.93. The van der Waals surface area contributed by atoms with E-state index < -0.39 is 0 Å². The van der Waals surface area contributed by atoms with Crippen molar-refractivity contribution in [2.24, 2.45) is 5.41 Å². The van der Waals surface area contributed by atoms with Crippen LogP contribution in [0.5, 0.6) is 0 Å². The first-order valence-electron chi connectivity index (χ1n) is 3.97. The van der Waals surface area contributed by atoms with Gasteiger partial charge in [0.2, 0.25) is 0 Å². The second kappa shape index (κ2) is 3.70. The molecule has 0 atom stereocenters. The first-order valence-corrected chi connectivity index (χ1v) is 3.97. The Bertz CT molecular complexity index is 150. The first-order chi connectivity index (χ1) is 5.33. The van der Waals surface area contributed by atoms with Gasteiger partial charge >= 0.3 is 0 Å². The van der Waals surface area contributed by atoms with Gasteiger partial charge in [-0.05, 0) is 19.9 Å². The van der Waals surface area contributed by atoms with E-state index in [0.717, 1.165) is 32.6 Å². The van der Waals surface area contributed by atoms with Gasteiger partial charge in [0.05, 0.1) is 11.5 Å². The van der Waals surface area contributed by atoms with E-state index in [1.54, 1.807) is 0 Å². The molecule has 0 radical (unpaired) electrons. The first kappa shape index (κ1) is 8.51. The summed E-state index contributed by atoms with van der Waals surface area (Å²) in [5, 5.41) is 12.0. The lowest BCUT2D eigenvalue weighted by Gasteiger charge is -2.30. The van der Waals surface area contributed by atoms with E-state index in [1.165, 1.54) is 0 Å². The summed E-state index contributed by atoms with van der Waals surface area (Å²) in [6, 6.07) is 2.38. The highest BCUT2D eigenvalue weighted by molar-refractivity contribution is 5.01. The molecule has 0 aromatic heterocycles. The van der Waals surface area contributed by atoms with Crippen LogP contribution >= 0.6 is 0 Å². The van der Waals surface area contributed by atoms with Crippen LogP contribution in [0.2, 0.25) is 0 Å². The van der Waals surface area contributed by atoms with E-state index in [1.807, 2.05) is 7.05 Å². The van der Waals surface area contributed by atoms with Gasteiger partial charge in [0, 0.05) is 19.8 Å². The molecule has 0 aromatic rings. The summed E-state index contributed by atoms with van der Waals surface area (Å²) in [5.41, 5.74) is -0.160. The van der Waals surface area contributed by atoms with Crippen LogP contribution in [0, 0.1) is 16.7 Å². The van der Waals surface area contributed by atoms with Gasteiger partial charge in [-0.25, -0.2) is 0 Å². The third kappa shape index (κ3) is 1.92. The molecule has 0 spiro atoms. The normalized spacial score (nSPS) is 22.5. The Labute approximate surface area is 67.3 Å². The molecule has 1 N–H and O–H groups in total. The predicted octanol–water partition coefficient (Wildman–Crippen LogP) is 0.526. The summed E-state index contributed by atoms with van der Waals surface area (Å²) >= 11 is 0. The Morgan fingerprint density at radius 2 is 2.18 bits per heavy atom. The zero-order valence-corrected chi connectivity index (χ0v) is 6.89. The summed E-state index contributed by atoms with van der Waals surface area (Å²) < 4.78 is 5.19. The van der Waals surface area contributed by atoms with E-state index in [-0.39, 0.29) is 5.41 Å². The van der Waals surface area contributed by atoms with Crippen molar-refractivity contribution in [3.8, 4) is 6.07 Å². The van der Waals surface area contributed by atoms with Crippen molar-refractivity contribution in [3.63, 3.8) is 0 Å². The van der Waals surface area contributed by atoms with Crippen molar-refractivity contribution in [1.82, 2.24) is 5.32 Å². The van der Waals surface area contributed by atoms with Crippen LogP contribution in [0.4, 0.5) is 0 Å². The van der Waals surface area contributed by atoms with Crippen molar-refractivity contribution >= 4 is 0 Å². The second-order valence-corrected chi connectivity index (χ2v) is 3.03. The third-order valence-corrected chi connectivity index (χ3v) is 2.20. The van der Waals surface area contributed by atoms with Crippen molar-refractivity contribution in [1.29, 1.82) is 5.26 Å². The minimum Gasteiger partial charge on any atom is -0.381 e. The van der Waals surface area contributed by atoms with Gasteiger partial charge < -0.3 is 10.1 Å². The molecule has 0 saturated carbocycles. The zero-order valence-electron chi connectivity index (χ0n) is 6.89. The minimum atomic E-state index is -0.160. The third-order valence-electron chi connectivity index (χ3n) is 2.20. The number of hydrogen-bond donors (Lipinski definition) is 1. The van der Waals surface area contributed by atoms with E-state index in [9.17, 15) is 0 Å². The van der Waals surface area contributed by atoms with Crippen LogP contribution in [0.3, 0.4) is 0 Å². The molecule has 1 aliphatic rings. The maximum atomic E-state index is 8.93. The number of hydrogen-bond acceptors (Lipinski definition) is 3. The lowest BCUT2D eigenvalue weighted by molar-refractivity contribution is 0.0413. The van der Waals surface area contributed by atoms with E-state index in [4.69, 9.17) is 10.00 Å². The summed E-state index contributed by atoms with van der Waals surface area (Å²) in [4.78, 5) is 0. The van der Waals surface area contributed by atoms with Gasteiger partial charge in [-0.1, -0.05) is 0 Å². The Morgan fingerprint density at radius 3 is 2.64 bits per heavy atom. The lowest BCUT2D eigenvalue weighted by Crippen LogP contribution is -2.36. The minimum absolute atomic E-state index is 0.160. The van der Waals surface area contributed by atoms with Crippen LogP contribution < -0.4 is 5.32 Å². The van der Waals surface area contributed by atoms with Crippen LogP contribution in [0.1, 0.15) is 12.8 Å². The molecule has 1 rings (SSSR count). The Balaban J connectivity index is 2.51. The number of nitrogens with zero attached hydrogens (tertiary/aromatic N) is 1. The predicted molar refractivity (Wildman–Crippen MR) is 42.0 cm³/mol. The molecule has 0 amide bonds. The average Bonchev–Trinajstić information content (AvgIpc) is 2.07. The molecule has 1 fully saturated rings. The van der Waals surface area contributed by atoms with Crippen molar-refractivity contribution in [2.45, 2.75) is 12.8 Å². The standard InChI is InChI=1S/C8H14N2O/c1-10-7-8(6-9)2-4-11-5-3-8/h10H,2-5,7H2,1H3. The molecule has 62 valence electrons. The van der Waals surface area contributed by atoms with Crippen molar-refractivity contribution in [3.05, 3.63) is 0 Å². The summed E-state index contributed by atoms with van der Waals surface area (Å²) in [6.07, 6.45) is 1.73. The van der Waals surface area contributed by atoms with Gasteiger partial charge in [-0.3, -0.25) is 0 Å². The molecule has 3 heteroatoms. The summed E-state index contributed by atoms with van der Waals surface area (Å²) in [5.74, 6) is 0. The molecular formula is C8H14N2O. The van der Waals surface area contributed by atoms with Crippen LogP contribution in [-0.2, 0) is 4.74 Å². The molecule has 0 aliphatic carbocycles. The van der Waals surface area contributed by atoms with Gasteiger partial charge in [0.1, 0.15) is 0 Å². The highest BCUT2D eigenvalue weighted by atomic mass is 16.5. The summed E-state index contributed by atoms with van der Waals surface area (Å²) in [6.45, 7) is 2.25. The van der Waals surface area contributed by atoms with Gasteiger partial charge in [0.25, 0.3) is 0 Å². The number of nitrogens with one attached hydrogen (secondary N) is 1. The number of ether oxygens (including phenoxy) is 1. The van der Waals surface area contributed by atoms with Gasteiger partial charge in [-0.15, -0.1) is 0 Å². The largest absolute Gasteiger partial charge is 0.381 e. The topological polar surface area (TPSA) is 45.0 Å². The Kier molecular flexibility index (Phi) is 2.86. The fraction of sp³-hybridized carbons (Fsp3) is 0.875. The number of rotatable bonds is 2. The number of nitriles is 1. The molecule has 0 aromatic carbocycles. The molecule has 1 aliphatic heterocycles. The van der Waals surface area contributed by atoms with Crippen LogP contribution in [0.25, 0.3) is 0 Å². The highest BCUT2D eigenvalue weighted by Gasteiger charge is 2.31. The summed E-state index contributed by atoms with van der Waals surface area (Å²) in [7, 11) is 1.88. The molecule has 1 saturated heterocycles. The quantitative estimate of drug-likeness (QED) is 0.631. The van der Waals surface area contributed by atoms with Crippen molar-refractivity contribution in [2.75, 3.05) is 26.8 Å². The van der Waals surface area contributed by atoms with E-state index >= 15 is 0 Å². The van der Waals surface area contributed by atoms with Crippen molar-refractivity contribution < 1.29 is 4.74 Å². The van der Waals surface area contributed by atoms with Crippen LogP contribution in [0.15, 0.2) is 0 Å². The maximum Gasteiger partial charge on any atom is 0.0741 e. The molecule has 1 heterocycles. The second-order valence-electron chi connectivity index (χ2n) is 3.03. The zero-order chi connectivity index (χ0) is 8.16.